The first-order chi connectivity index (χ1) is 15.2. The van der Waals surface area contributed by atoms with Gasteiger partial charge in [-0.15, -0.1) is 0 Å². The SMILES string of the molecule is CC(C)[C@H](NS(=O)(=O)c1cccc2nsnc12)C(=O)OCC(=O)N[C@@H](C)c1ccccc1. The molecule has 0 fully saturated rings. The van der Waals surface area contributed by atoms with Gasteiger partial charge < -0.3 is 10.1 Å². The standard InChI is InChI=1S/C21H24N4O5S2/c1-13(2)19(25-32(28,29)17-11-7-10-16-20(17)24-31-23-16)21(27)30-12-18(26)22-14(3)15-8-5-4-6-9-15/h4-11,13-14,19,25H,12H2,1-3H3,(H,22,26)/t14-,19-/m0/s1. The van der Waals surface area contributed by atoms with E-state index < -0.39 is 40.5 Å². The van der Waals surface area contributed by atoms with E-state index in [1.807, 2.05) is 37.3 Å². The molecule has 0 unspecified atom stereocenters. The lowest BCUT2D eigenvalue weighted by atomic mass is 10.1. The van der Waals surface area contributed by atoms with Gasteiger partial charge in [0.25, 0.3) is 5.91 Å². The molecule has 0 aliphatic rings. The van der Waals surface area contributed by atoms with Gasteiger partial charge in [0, 0.05) is 0 Å². The summed E-state index contributed by atoms with van der Waals surface area (Å²) in [6.07, 6.45) is 0. The highest BCUT2D eigenvalue weighted by Crippen LogP contribution is 2.22. The van der Waals surface area contributed by atoms with Crippen molar-refractivity contribution in [2.75, 3.05) is 6.61 Å². The molecule has 0 bridgehead atoms. The van der Waals surface area contributed by atoms with Crippen LogP contribution in [0.3, 0.4) is 0 Å². The van der Waals surface area contributed by atoms with Gasteiger partial charge >= 0.3 is 5.97 Å². The molecule has 2 aromatic carbocycles. The summed E-state index contributed by atoms with van der Waals surface area (Å²) in [4.78, 5) is 24.7. The summed E-state index contributed by atoms with van der Waals surface area (Å²) in [6.45, 7) is 4.65. The van der Waals surface area contributed by atoms with Gasteiger partial charge in [0.2, 0.25) is 10.0 Å². The fourth-order valence-corrected chi connectivity index (χ4v) is 5.12. The van der Waals surface area contributed by atoms with E-state index in [4.69, 9.17) is 4.74 Å². The number of benzene rings is 2. The highest BCUT2D eigenvalue weighted by atomic mass is 32.2. The van der Waals surface area contributed by atoms with Gasteiger partial charge in [0.1, 0.15) is 22.0 Å². The monoisotopic (exact) mass is 476 g/mol. The Hall–Kier alpha value is -2.89. The first kappa shape index (κ1) is 23.8. The molecule has 0 saturated carbocycles. The fourth-order valence-electron chi connectivity index (χ4n) is 3.02. The van der Waals surface area contributed by atoms with Crippen LogP contribution in [-0.4, -0.2) is 41.7 Å². The number of carbonyl (C=O) groups excluding carboxylic acids is 2. The molecule has 170 valence electrons. The summed E-state index contributed by atoms with van der Waals surface area (Å²) in [7, 11) is -4.09. The van der Waals surface area contributed by atoms with Crippen LogP contribution in [0.5, 0.6) is 0 Å². The molecule has 11 heteroatoms. The molecule has 1 aromatic heterocycles. The number of fused-ring (bicyclic) bond motifs is 1. The van der Waals surface area contributed by atoms with Gasteiger partial charge in [0.05, 0.1) is 17.8 Å². The molecule has 2 atom stereocenters. The van der Waals surface area contributed by atoms with Crippen LogP contribution in [-0.2, 0) is 24.3 Å². The molecular formula is C21H24N4O5S2. The summed E-state index contributed by atoms with van der Waals surface area (Å²) in [5, 5.41) is 2.74. The molecule has 9 nitrogen and oxygen atoms in total. The Morgan fingerprint density at radius 1 is 1.03 bits per heavy atom. The van der Waals surface area contributed by atoms with E-state index in [1.54, 1.807) is 26.0 Å². The average molecular weight is 477 g/mol. The van der Waals surface area contributed by atoms with E-state index in [0.717, 1.165) is 17.3 Å². The van der Waals surface area contributed by atoms with E-state index in [1.165, 1.54) is 6.07 Å². The van der Waals surface area contributed by atoms with Gasteiger partial charge in [-0.05, 0) is 30.5 Å². The van der Waals surface area contributed by atoms with Crippen LogP contribution < -0.4 is 10.0 Å². The minimum absolute atomic E-state index is 0.0726. The Balaban J connectivity index is 1.64. The van der Waals surface area contributed by atoms with Crippen molar-refractivity contribution in [3.8, 4) is 0 Å². The van der Waals surface area contributed by atoms with Crippen LogP contribution in [0, 0.1) is 5.92 Å². The van der Waals surface area contributed by atoms with Crippen molar-refractivity contribution < 1.29 is 22.7 Å². The summed E-state index contributed by atoms with van der Waals surface area (Å²) in [6, 6.07) is 12.5. The van der Waals surface area contributed by atoms with Crippen LogP contribution in [0.1, 0.15) is 32.4 Å². The molecule has 3 rings (SSSR count). The molecule has 2 N–H and O–H groups in total. The van der Waals surface area contributed by atoms with Crippen LogP contribution >= 0.6 is 11.7 Å². The van der Waals surface area contributed by atoms with Crippen molar-refractivity contribution in [1.82, 2.24) is 18.8 Å². The smallest absolute Gasteiger partial charge is 0.324 e. The number of esters is 1. The van der Waals surface area contributed by atoms with Gasteiger partial charge in [0.15, 0.2) is 6.61 Å². The Morgan fingerprint density at radius 2 is 1.75 bits per heavy atom. The zero-order valence-corrected chi connectivity index (χ0v) is 19.4. The van der Waals surface area contributed by atoms with E-state index in [-0.39, 0.29) is 16.5 Å². The number of carbonyl (C=O) groups is 2. The number of hydrogen-bond donors (Lipinski definition) is 2. The minimum atomic E-state index is -4.09. The summed E-state index contributed by atoms with van der Waals surface area (Å²) < 4.78 is 41.5. The third-order valence-corrected chi connectivity index (χ3v) is 6.78. The van der Waals surface area contributed by atoms with Crippen molar-refractivity contribution in [3.63, 3.8) is 0 Å². The van der Waals surface area contributed by atoms with Gasteiger partial charge in [-0.25, -0.2) is 8.42 Å². The number of nitrogens with one attached hydrogen (secondary N) is 2. The molecule has 3 aromatic rings. The molecule has 32 heavy (non-hydrogen) atoms. The number of hydrogen-bond acceptors (Lipinski definition) is 8. The third-order valence-electron chi connectivity index (χ3n) is 4.76. The number of amides is 1. The number of sulfonamides is 1. The topological polar surface area (TPSA) is 127 Å². The molecule has 1 amide bonds. The van der Waals surface area contributed by atoms with Crippen molar-refractivity contribution in [2.45, 2.75) is 37.8 Å². The predicted octanol–water partition coefficient (Wildman–Crippen LogP) is 2.41. The Morgan fingerprint density at radius 3 is 2.44 bits per heavy atom. The Bertz CT molecular complexity index is 1200. The molecule has 1 heterocycles. The first-order valence-corrected chi connectivity index (χ1v) is 12.1. The zero-order chi connectivity index (χ0) is 23.3. The maximum atomic E-state index is 12.9. The van der Waals surface area contributed by atoms with E-state index >= 15 is 0 Å². The zero-order valence-electron chi connectivity index (χ0n) is 17.8. The third kappa shape index (κ3) is 5.67. The summed E-state index contributed by atoms with van der Waals surface area (Å²) in [5.74, 6) is -1.75. The lowest BCUT2D eigenvalue weighted by Gasteiger charge is -2.21. The number of aromatic nitrogens is 2. The Kier molecular flexibility index (Phi) is 7.54. The average Bonchev–Trinajstić information content (AvgIpc) is 3.25. The Labute approximate surface area is 190 Å². The predicted molar refractivity (Wildman–Crippen MR) is 120 cm³/mol. The van der Waals surface area contributed by atoms with Crippen molar-refractivity contribution in [1.29, 1.82) is 0 Å². The van der Waals surface area contributed by atoms with Crippen LogP contribution in [0.2, 0.25) is 0 Å². The summed E-state index contributed by atoms with van der Waals surface area (Å²) in [5.41, 5.74) is 1.59. The number of rotatable bonds is 9. The molecule has 0 saturated heterocycles. The highest BCUT2D eigenvalue weighted by Gasteiger charge is 2.31. The highest BCUT2D eigenvalue weighted by molar-refractivity contribution is 7.89. The van der Waals surface area contributed by atoms with E-state index in [0.29, 0.717) is 5.52 Å². The quantitative estimate of drug-likeness (QED) is 0.454. The lowest BCUT2D eigenvalue weighted by Crippen LogP contribution is -2.46. The largest absolute Gasteiger partial charge is 0.454 e. The normalized spacial score (nSPS) is 13.6. The maximum Gasteiger partial charge on any atom is 0.324 e. The van der Waals surface area contributed by atoms with Crippen molar-refractivity contribution in [3.05, 3.63) is 54.1 Å². The van der Waals surface area contributed by atoms with Gasteiger partial charge in [-0.1, -0.05) is 50.2 Å². The first-order valence-electron chi connectivity index (χ1n) is 9.93. The fraction of sp³-hybridized carbons (Fsp3) is 0.333. The maximum absolute atomic E-state index is 12.9. The van der Waals surface area contributed by atoms with Crippen molar-refractivity contribution in [2.24, 2.45) is 5.92 Å². The molecular weight excluding hydrogens is 452 g/mol. The van der Waals surface area contributed by atoms with E-state index in [2.05, 4.69) is 18.8 Å². The summed E-state index contributed by atoms with van der Waals surface area (Å²) >= 11 is 0.901. The second kappa shape index (κ2) is 10.2. The van der Waals surface area contributed by atoms with Gasteiger partial charge in [-0.3, -0.25) is 9.59 Å². The molecule has 0 radical (unpaired) electrons. The van der Waals surface area contributed by atoms with Crippen LogP contribution in [0.4, 0.5) is 0 Å². The van der Waals surface area contributed by atoms with Crippen molar-refractivity contribution >= 4 is 44.7 Å². The molecule has 0 aliphatic carbocycles. The second-order valence-corrected chi connectivity index (χ2v) is 9.75. The molecule has 0 aliphatic heterocycles. The van der Waals surface area contributed by atoms with E-state index in [9.17, 15) is 18.0 Å². The molecule has 0 spiro atoms. The second-order valence-electron chi connectivity index (χ2n) is 7.54. The van der Waals surface area contributed by atoms with Crippen LogP contribution in [0.15, 0.2) is 53.4 Å². The van der Waals surface area contributed by atoms with Gasteiger partial charge in [-0.2, -0.15) is 13.5 Å². The number of ether oxygens (including phenoxy) is 1. The number of nitrogens with zero attached hydrogens (tertiary/aromatic N) is 2. The minimum Gasteiger partial charge on any atom is -0.454 e. The van der Waals surface area contributed by atoms with Crippen LogP contribution in [0.25, 0.3) is 11.0 Å². The lowest BCUT2D eigenvalue weighted by molar-refractivity contribution is -0.151.